The lowest BCUT2D eigenvalue weighted by Gasteiger charge is -2.32. The van der Waals surface area contributed by atoms with Crippen molar-refractivity contribution in [2.45, 2.75) is 26.4 Å². The maximum Gasteiger partial charge on any atom is 0.244 e. The van der Waals surface area contributed by atoms with Gasteiger partial charge in [-0.3, -0.25) is 10.2 Å². The molecule has 5 N–H and O–H groups in total. The van der Waals surface area contributed by atoms with E-state index in [4.69, 9.17) is 26.4 Å². The van der Waals surface area contributed by atoms with Gasteiger partial charge in [0.15, 0.2) is 11.5 Å². The van der Waals surface area contributed by atoms with Crippen LogP contribution in [0.3, 0.4) is 0 Å². The minimum absolute atomic E-state index is 0.0181. The van der Waals surface area contributed by atoms with E-state index in [1.54, 1.807) is 18.2 Å². The molecule has 0 aliphatic carbocycles. The lowest BCUT2D eigenvalue weighted by molar-refractivity contribution is -0.119. The van der Waals surface area contributed by atoms with Crippen molar-refractivity contribution in [2.75, 3.05) is 18.1 Å². The Labute approximate surface area is 194 Å². The molecule has 0 heterocycles. The Hall–Kier alpha value is -4.00. The highest BCUT2D eigenvalue weighted by Gasteiger charge is 2.28. The molecular formula is C26H30N4O3. The maximum absolute atomic E-state index is 12.8. The van der Waals surface area contributed by atoms with E-state index < -0.39 is 11.9 Å². The molecule has 7 heteroatoms. The third-order valence-electron chi connectivity index (χ3n) is 5.17. The van der Waals surface area contributed by atoms with E-state index in [1.165, 1.54) is 0 Å². The van der Waals surface area contributed by atoms with Crippen LogP contribution in [0.25, 0.3) is 0 Å². The van der Waals surface area contributed by atoms with Gasteiger partial charge in [0.25, 0.3) is 0 Å². The van der Waals surface area contributed by atoms with E-state index in [0.717, 1.165) is 11.3 Å². The summed E-state index contributed by atoms with van der Waals surface area (Å²) in [6, 6.07) is 21.8. The number of amidine groups is 1. The molecule has 1 amide bonds. The Balaban J connectivity index is 2.09. The molecule has 3 aromatic carbocycles. The van der Waals surface area contributed by atoms with Crippen LogP contribution in [0.1, 0.15) is 36.6 Å². The summed E-state index contributed by atoms with van der Waals surface area (Å²) in [6.45, 7) is 5.21. The van der Waals surface area contributed by atoms with Gasteiger partial charge in [-0.2, -0.15) is 0 Å². The molecule has 0 aromatic heterocycles. The Kier molecular flexibility index (Phi) is 7.91. The van der Waals surface area contributed by atoms with Crippen molar-refractivity contribution < 1.29 is 14.3 Å². The van der Waals surface area contributed by atoms with Crippen LogP contribution in [0.2, 0.25) is 0 Å². The number of carbonyl (C=O) groups excluding carboxylic acids is 1. The lowest BCUT2D eigenvalue weighted by Crippen LogP contribution is -2.37. The largest absolute Gasteiger partial charge is 0.490 e. The molecule has 33 heavy (non-hydrogen) atoms. The van der Waals surface area contributed by atoms with Gasteiger partial charge in [0.2, 0.25) is 5.91 Å². The van der Waals surface area contributed by atoms with Gasteiger partial charge in [-0.15, -0.1) is 0 Å². The van der Waals surface area contributed by atoms with Crippen molar-refractivity contribution >= 4 is 17.4 Å². The van der Waals surface area contributed by atoms with Crippen molar-refractivity contribution in [1.29, 1.82) is 5.41 Å². The summed E-state index contributed by atoms with van der Waals surface area (Å²) in [5.74, 6) is 0.671. The van der Waals surface area contributed by atoms with Crippen LogP contribution in [0.4, 0.5) is 5.69 Å². The molecule has 0 saturated carbocycles. The second-order valence-corrected chi connectivity index (χ2v) is 7.45. The minimum atomic E-state index is -0.761. The first-order valence-corrected chi connectivity index (χ1v) is 10.9. The predicted molar refractivity (Wildman–Crippen MR) is 131 cm³/mol. The highest BCUT2D eigenvalue weighted by molar-refractivity contribution is 5.95. The first-order chi connectivity index (χ1) is 15.9. The number of rotatable bonds is 11. The summed E-state index contributed by atoms with van der Waals surface area (Å²) >= 11 is 0. The molecule has 1 atom stereocenters. The summed E-state index contributed by atoms with van der Waals surface area (Å²) in [7, 11) is 0. The monoisotopic (exact) mass is 446 g/mol. The fraction of sp³-hybridized carbons (Fsp3) is 0.231. The number of ether oxygens (including phenoxy) is 2. The fourth-order valence-corrected chi connectivity index (χ4v) is 3.68. The van der Waals surface area contributed by atoms with E-state index in [2.05, 4.69) is 0 Å². The molecular weight excluding hydrogens is 416 g/mol. The number of carbonyl (C=O) groups is 1. The van der Waals surface area contributed by atoms with Crippen molar-refractivity contribution in [3.8, 4) is 11.5 Å². The van der Waals surface area contributed by atoms with E-state index in [-0.39, 0.29) is 5.84 Å². The molecule has 3 aromatic rings. The van der Waals surface area contributed by atoms with Crippen LogP contribution in [0.15, 0.2) is 72.8 Å². The summed E-state index contributed by atoms with van der Waals surface area (Å²) in [5, 5.41) is 7.66. The third-order valence-corrected chi connectivity index (χ3v) is 5.17. The van der Waals surface area contributed by atoms with E-state index in [9.17, 15) is 4.79 Å². The molecule has 7 nitrogen and oxygen atoms in total. The van der Waals surface area contributed by atoms with Gasteiger partial charge in [-0.05, 0) is 61.4 Å². The smallest absolute Gasteiger partial charge is 0.244 e. The summed E-state index contributed by atoms with van der Waals surface area (Å²) in [5.41, 5.74) is 14.7. The molecule has 0 radical (unpaired) electrons. The second-order valence-electron chi connectivity index (χ2n) is 7.45. The fourth-order valence-electron chi connectivity index (χ4n) is 3.68. The van der Waals surface area contributed by atoms with Gasteiger partial charge in [-0.25, -0.2) is 0 Å². The van der Waals surface area contributed by atoms with Crippen LogP contribution in [0.5, 0.6) is 11.5 Å². The number of anilines is 1. The number of benzene rings is 3. The predicted octanol–water partition coefficient (Wildman–Crippen LogP) is 4.00. The number of nitrogens with two attached hydrogens (primary N) is 2. The van der Waals surface area contributed by atoms with Crippen LogP contribution in [0, 0.1) is 5.41 Å². The Bertz CT molecular complexity index is 1080. The molecule has 0 aliphatic heterocycles. The molecule has 0 aliphatic rings. The lowest BCUT2D eigenvalue weighted by atomic mass is 10.0. The molecule has 0 bridgehead atoms. The number of hydrogen-bond donors (Lipinski definition) is 3. The van der Waals surface area contributed by atoms with Gasteiger partial charge in [0, 0.05) is 17.8 Å². The maximum atomic E-state index is 12.8. The van der Waals surface area contributed by atoms with Gasteiger partial charge >= 0.3 is 0 Å². The van der Waals surface area contributed by atoms with Crippen molar-refractivity contribution in [3.05, 3.63) is 89.5 Å². The van der Waals surface area contributed by atoms with Crippen LogP contribution >= 0.6 is 0 Å². The van der Waals surface area contributed by atoms with Crippen LogP contribution in [-0.4, -0.2) is 25.0 Å². The average Bonchev–Trinajstić information content (AvgIpc) is 2.81. The molecule has 0 saturated heterocycles. The SMILES string of the molecule is CCOc1ccc(C(C(N)=O)N(Cc2ccccc2)c2ccc(C(=N)N)cc2)cc1OCC. The summed E-state index contributed by atoms with van der Waals surface area (Å²) in [4.78, 5) is 14.8. The van der Waals surface area contributed by atoms with Crippen molar-refractivity contribution in [2.24, 2.45) is 11.5 Å². The Morgan fingerprint density at radius 3 is 2.12 bits per heavy atom. The Morgan fingerprint density at radius 2 is 1.55 bits per heavy atom. The standard InChI is InChI=1S/C26H30N4O3/c1-3-32-22-15-12-20(16-23(22)33-4-2)24(26(29)31)30(17-18-8-6-5-7-9-18)21-13-10-19(11-14-21)25(27)28/h5-16,24H,3-4,17H2,1-2H3,(H3,27,28)(H2,29,31). The van der Waals surface area contributed by atoms with Crippen LogP contribution in [-0.2, 0) is 11.3 Å². The first-order valence-electron chi connectivity index (χ1n) is 10.9. The molecule has 0 spiro atoms. The molecule has 1 unspecified atom stereocenters. The van der Waals surface area contributed by atoms with Gasteiger partial charge in [0.05, 0.1) is 13.2 Å². The zero-order valence-corrected chi connectivity index (χ0v) is 19.0. The van der Waals surface area contributed by atoms with Crippen LogP contribution < -0.4 is 25.8 Å². The van der Waals surface area contributed by atoms with Crippen molar-refractivity contribution in [3.63, 3.8) is 0 Å². The number of amides is 1. The molecule has 172 valence electrons. The summed E-state index contributed by atoms with van der Waals surface area (Å²) < 4.78 is 11.4. The quantitative estimate of drug-likeness (QED) is 0.304. The second kappa shape index (κ2) is 11.0. The molecule has 3 rings (SSSR count). The third kappa shape index (κ3) is 5.83. The first kappa shape index (κ1) is 23.7. The zero-order chi connectivity index (χ0) is 23.8. The number of hydrogen-bond acceptors (Lipinski definition) is 5. The average molecular weight is 447 g/mol. The summed E-state index contributed by atoms with van der Waals surface area (Å²) in [6.07, 6.45) is 0. The normalized spacial score (nSPS) is 11.5. The topological polar surface area (TPSA) is 115 Å². The van der Waals surface area contributed by atoms with Gasteiger partial charge in [0.1, 0.15) is 11.9 Å². The highest BCUT2D eigenvalue weighted by atomic mass is 16.5. The number of nitrogen functional groups attached to an aromatic ring is 1. The Morgan fingerprint density at radius 1 is 0.909 bits per heavy atom. The minimum Gasteiger partial charge on any atom is -0.490 e. The number of primary amides is 1. The zero-order valence-electron chi connectivity index (χ0n) is 19.0. The number of nitrogens with one attached hydrogen (secondary N) is 1. The van der Waals surface area contributed by atoms with Gasteiger partial charge < -0.3 is 25.8 Å². The van der Waals surface area contributed by atoms with Gasteiger partial charge in [-0.1, -0.05) is 36.4 Å². The number of nitrogens with zero attached hydrogens (tertiary/aromatic N) is 1. The highest BCUT2D eigenvalue weighted by Crippen LogP contribution is 2.35. The molecule has 0 fully saturated rings. The van der Waals surface area contributed by atoms with E-state index >= 15 is 0 Å². The van der Waals surface area contributed by atoms with E-state index in [1.807, 2.05) is 73.3 Å². The van der Waals surface area contributed by atoms with Crippen molar-refractivity contribution in [1.82, 2.24) is 0 Å². The van der Waals surface area contributed by atoms with E-state index in [0.29, 0.717) is 42.4 Å².